The Morgan fingerprint density at radius 1 is 1.38 bits per heavy atom. The van der Waals surface area contributed by atoms with Crippen LogP contribution in [0, 0.1) is 5.41 Å². The molecule has 16 heavy (non-hydrogen) atoms. The lowest BCUT2D eigenvalue weighted by Gasteiger charge is -2.35. The molecule has 0 aromatic heterocycles. The summed E-state index contributed by atoms with van der Waals surface area (Å²) >= 11 is 0. The average Bonchev–Trinajstić information content (AvgIpc) is 2.29. The minimum Gasteiger partial charge on any atom is -0.352 e. The van der Waals surface area contributed by atoms with Crippen molar-refractivity contribution in [2.24, 2.45) is 5.41 Å². The van der Waals surface area contributed by atoms with Crippen molar-refractivity contribution < 1.29 is 4.79 Å². The monoisotopic (exact) mass is 224 g/mol. The van der Waals surface area contributed by atoms with Crippen LogP contribution in [0.5, 0.6) is 0 Å². The van der Waals surface area contributed by atoms with E-state index in [2.05, 4.69) is 23.6 Å². The van der Waals surface area contributed by atoms with E-state index in [1.165, 1.54) is 5.57 Å². The fraction of sp³-hybridized carbons (Fsp3) is 0.769. The SMILES string of the molecule is CCC1(C(=O)NCC=C(C)C)CCNCC1. The molecule has 0 radical (unpaired) electrons. The first kappa shape index (κ1) is 13.2. The molecule has 1 aliphatic rings. The third-order valence-corrected chi connectivity index (χ3v) is 3.49. The van der Waals surface area contributed by atoms with E-state index in [1.54, 1.807) is 0 Å². The molecular formula is C13H24N2O. The highest BCUT2D eigenvalue weighted by Crippen LogP contribution is 2.32. The zero-order valence-electron chi connectivity index (χ0n) is 10.7. The summed E-state index contributed by atoms with van der Waals surface area (Å²) in [7, 11) is 0. The van der Waals surface area contributed by atoms with E-state index in [4.69, 9.17) is 0 Å². The van der Waals surface area contributed by atoms with Crippen molar-refractivity contribution in [2.45, 2.75) is 40.0 Å². The maximum atomic E-state index is 12.2. The molecule has 1 saturated heterocycles. The lowest BCUT2D eigenvalue weighted by Crippen LogP contribution is -2.47. The molecule has 1 heterocycles. The zero-order chi connectivity index (χ0) is 12.0. The van der Waals surface area contributed by atoms with Crippen molar-refractivity contribution in [3.8, 4) is 0 Å². The standard InChI is InChI=1S/C13H24N2O/c1-4-13(6-9-14-10-7-13)12(16)15-8-5-11(2)3/h5,14H,4,6-10H2,1-3H3,(H,15,16). The molecule has 1 aliphatic heterocycles. The number of nitrogens with one attached hydrogen (secondary N) is 2. The molecule has 0 bridgehead atoms. The lowest BCUT2D eigenvalue weighted by molar-refractivity contribution is -0.132. The van der Waals surface area contributed by atoms with Gasteiger partial charge in [0.2, 0.25) is 5.91 Å². The van der Waals surface area contributed by atoms with E-state index in [0.29, 0.717) is 6.54 Å². The van der Waals surface area contributed by atoms with Crippen LogP contribution in [0.25, 0.3) is 0 Å². The molecule has 3 heteroatoms. The summed E-state index contributed by atoms with van der Waals surface area (Å²) in [6.07, 6.45) is 4.92. The highest BCUT2D eigenvalue weighted by Gasteiger charge is 2.37. The van der Waals surface area contributed by atoms with Crippen molar-refractivity contribution in [3.05, 3.63) is 11.6 Å². The molecule has 3 nitrogen and oxygen atoms in total. The van der Waals surface area contributed by atoms with Gasteiger partial charge in [0.05, 0.1) is 5.41 Å². The molecule has 0 spiro atoms. The highest BCUT2D eigenvalue weighted by atomic mass is 16.2. The van der Waals surface area contributed by atoms with E-state index in [9.17, 15) is 4.79 Å². The van der Waals surface area contributed by atoms with Crippen molar-refractivity contribution >= 4 is 5.91 Å². The third-order valence-electron chi connectivity index (χ3n) is 3.49. The van der Waals surface area contributed by atoms with Crippen LogP contribution >= 0.6 is 0 Å². The second kappa shape index (κ2) is 6.04. The van der Waals surface area contributed by atoms with Gasteiger partial charge in [0.25, 0.3) is 0 Å². The molecule has 0 aromatic rings. The predicted molar refractivity (Wildman–Crippen MR) is 67.3 cm³/mol. The van der Waals surface area contributed by atoms with E-state index in [-0.39, 0.29) is 11.3 Å². The van der Waals surface area contributed by atoms with Crippen molar-refractivity contribution in [1.29, 1.82) is 0 Å². The van der Waals surface area contributed by atoms with Gasteiger partial charge in [-0.1, -0.05) is 18.6 Å². The van der Waals surface area contributed by atoms with Gasteiger partial charge in [-0.15, -0.1) is 0 Å². The van der Waals surface area contributed by atoms with Crippen LogP contribution in [0.2, 0.25) is 0 Å². The number of hydrogen-bond donors (Lipinski definition) is 2. The summed E-state index contributed by atoms with van der Waals surface area (Å²) in [5.41, 5.74) is 1.12. The molecular weight excluding hydrogens is 200 g/mol. The first-order valence-corrected chi connectivity index (χ1v) is 6.23. The first-order valence-electron chi connectivity index (χ1n) is 6.23. The molecule has 0 atom stereocenters. The largest absolute Gasteiger partial charge is 0.352 e. The Morgan fingerprint density at radius 3 is 2.50 bits per heavy atom. The number of carbonyl (C=O) groups excluding carboxylic acids is 1. The minimum atomic E-state index is -0.124. The maximum Gasteiger partial charge on any atom is 0.226 e. The molecule has 2 N–H and O–H groups in total. The summed E-state index contributed by atoms with van der Waals surface area (Å²) in [5, 5.41) is 6.34. The number of amides is 1. The summed E-state index contributed by atoms with van der Waals surface area (Å²) in [5.74, 6) is 0.231. The van der Waals surface area contributed by atoms with Crippen LogP contribution in [-0.2, 0) is 4.79 Å². The summed E-state index contributed by atoms with van der Waals surface area (Å²) < 4.78 is 0. The van der Waals surface area contributed by atoms with Gasteiger partial charge in [-0.3, -0.25) is 4.79 Å². The number of carbonyl (C=O) groups is 1. The molecule has 0 aromatic carbocycles. The number of rotatable bonds is 4. The van der Waals surface area contributed by atoms with Crippen LogP contribution in [-0.4, -0.2) is 25.5 Å². The maximum absolute atomic E-state index is 12.2. The van der Waals surface area contributed by atoms with E-state index < -0.39 is 0 Å². The normalized spacial score (nSPS) is 18.9. The Bertz CT molecular complexity index is 261. The van der Waals surface area contributed by atoms with Gasteiger partial charge >= 0.3 is 0 Å². The number of hydrogen-bond acceptors (Lipinski definition) is 2. The quantitative estimate of drug-likeness (QED) is 0.716. The van der Waals surface area contributed by atoms with E-state index >= 15 is 0 Å². The molecule has 1 rings (SSSR count). The van der Waals surface area contributed by atoms with Gasteiger partial charge < -0.3 is 10.6 Å². The lowest BCUT2D eigenvalue weighted by atomic mass is 9.76. The van der Waals surface area contributed by atoms with Gasteiger partial charge in [0, 0.05) is 6.54 Å². The number of allylic oxidation sites excluding steroid dienone is 1. The Labute approximate surface area is 98.7 Å². The highest BCUT2D eigenvalue weighted by molar-refractivity contribution is 5.82. The van der Waals surface area contributed by atoms with Crippen molar-refractivity contribution in [2.75, 3.05) is 19.6 Å². The van der Waals surface area contributed by atoms with Gasteiger partial charge in [0.15, 0.2) is 0 Å². The summed E-state index contributed by atoms with van der Waals surface area (Å²) in [6.45, 7) is 8.80. The smallest absolute Gasteiger partial charge is 0.226 e. The van der Waals surface area contributed by atoms with Gasteiger partial charge in [-0.05, 0) is 46.2 Å². The van der Waals surface area contributed by atoms with E-state index in [0.717, 1.165) is 32.4 Å². The molecule has 0 aliphatic carbocycles. The fourth-order valence-electron chi connectivity index (χ4n) is 2.18. The predicted octanol–water partition coefficient (Wildman–Crippen LogP) is 1.85. The fourth-order valence-corrected chi connectivity index (χ4v) is 2.18. The summed E-state index contributed by atoms with van der Waals surface area (Å²) in [4.78, 5) is 12.2. The second-order valence-electron chi connectivity index (χ2n) is 4.88. The van der Waals surface area contributed by atoms with Crippen LogP contribution in [0.3, 0.4) is 0 Å². The van der Waals surface area contributed by atoms with Crippen molar-refractivity contribution in [1.82, 2.24) is 10.6 Å². The molecule has 1 amide bonds. The number of piperidine rings is 1. The Balaban J connectivity index is 2.52. The summed E-state index contributed by atoms with van der Waals surface area (Å²) in [6, 6.07) is 0. The molecule has 0 saturated carbocycles. The molecule has 0 unspecified atom stereocenters. The molecule has 92 valence electrons. The Kier molecular flexibility index (Phi) is 5.00. The third kappa shape index (κ3) is 3.34. The zero-order valence-corrected chi connectivity index (χ0v) is 10.7. The van der Waals surface area contributed by atoms with Gasteiger partial charge in [-0.25, -0.2) is 0 Å². The van der Waals surface area contributed by atoms with Crippen LogP contribution in [0.15, 0.2) is 11.6 Å². The first-order chi connectivity index (χ1) is 7.60. The average molecular weight is 224 g/mol. The Hall–Kier alpha value is -0.830. The van der Waals surface area contributed by atoms with Crippen LogP contribution in [0.4, 0.5) is 0 Å². The Morgan fingerprint density at radius 2 is 2.00 bits per heavy atom. The minimum absolute atomic E-state index is 0.124. The topological polar surface area (TPSA) is 41.1 Å². The van der Waals surface area contributed by atoms with E-state index in [1.807, 2.05) is 13.8 Å². The second-order valence-corrected chi connectivity index (χ2v) is 4.88. The van der Waals surface area contributed by atoms with Crippen LogP contribution in [0.1, 0.15) is 40.0 Å². The van der Waals surface area contributed by atoms with Gasteiger partial charge in [-0.2, -0.15) is 0 Å². The van der Waals surface area contributed by atoms with Crippen molar-refractivity contribution in [3.63, 3.8) is 0 Å². The van der Waals surface area contributed by atoms with Gasteiger partial charge in [0.1, 0.15) is 0 Å². The molecule has 1 fully saturated rings. The van der Waals surface area contributed by atoms with Crippen LogP contribution < -0.4 is 10.6 Å².